The van der Waals surface area contributed by atoms with Gasteiger partial charge in [-0.05, 0) is 31.7 Å². The third-order valence-corrected chi connectivity index (χ3v) is 6.21. The van der Waals surface area contributed by atoms with Crippen LogP contribution in [0.2, 0.25) is 0 Å². The van der Waals surface area contributed by atoms with Crippen LogP contribution in [0.4, 0.5) is 16.4 Å². The first-order valence-electron chi connectivity index (χ1n) is 11.0. The zero-order valence-electron chi connectivity index (χ0n) is 18.2. The van der Waals surface area contributed by atoms with Gasteiger partial charge < -0.3 is 20.3 Å². The number of carbonyl (C=O) groups excluding carboxylic acids is 2. The number of carbonyl (C=O) groups is 2. The van der Waals surface area contributed by atoms with Crippen molar-refractivity contribution in [1.82, 2.24) is 14.5 Å². The number of nitriles is 1. The van der Waals surface area contributed by atoms with E-state index in [0.717, 1.165) is 19.3 Å². The lowest BCUT2D eigenvalue weighted by molar-refractivity contribution is -0.0111. The van der Waals surface area contributed by atoms with Crippen molar-refractivity contribution in [2.75, 3.05) is 19.8 Å². The molecule has 10 nitrogen and oxygen atoms in total. The summed E-state index contributed by atoms with van der Waals surface area (Å²) in [4.78, 5) is 33.3. The number of aliphatic hydroxyl groups is 1. The van der Waals surface area contributed by atoms with E-state index in [-0.39, 0.29) is 48.7 Å². The van der Waals surface area contributed by atoms with E-state index < -0.39 is 10.5 Å². The number of nitrogens with two attached hydrogens (primary N) is 1. The van der Waals surface area contributed by atoms with Gasteiger partial charge in [-0.1, -0.05) is 0 Å². The van der Waals surface area contributed by atoms with Crippen LogP contribution in [-0.4, -0.2) is 53.3 Å². The summed E-state index contributed by atoms with van der Waals surface area (Å²) in [5, 5.41) is 19.1. The summed E-state index contributed by atoms with van der Waals surface area (Å²) >= 11 is 0. The molecule has 4 rings (SSSR count). The van der Waals surface area contributed by atoms with Crippen LogP contribution in [0, 0.1) is 11.3 Å². The highest BCUT2D eigenvalue weighted by Gasteiger charge is 2.48. The second kappa shape index (κ2) is 9.62. The van der Waals surface area contributed by atoms with E-state index >= 15 is 0 Å². The number of nitrogens with zero attached hydrogens (tertiary/aromatic N) is 4. The molecule has 2 aromatic heterocycles. The molecular formula is C23H26N5O5+. The predicted molar refractivity (Wildman–Crippen MR) is 118 cm³/mol. The lowest BCUT2D eigenvalue weighted by atomic mass is 9.99. The number of urea groups is 1. The maximum absolute atomic E-state index is 12.9. The third-order valence-electron chi connectivity index (χ3n) is 6.21. The Kier molecular flexibility index (Phi) is 6.65. The molecule has 2 aliphatic rings. The number of amides is 2. The number of primary amides is 1. The summed E-state index contributed by atoms with van der Waals surface area (Å²) in [5.41, 5.74) is 7.28. The van der Waals surface area contributed by atoms with Crippen molar-refractivity contribution in [2.45, 2.75) is 44.8 Å². The van der Waals surface area contributed by atoms with Crippen molar-refractivity contribution < 1.29 is 24.2 Å². The van der Waals surface area contributed by atoms with Crippen LogP contribution < -0.4 is 15.0 Å². The highest BCUT2D eigenvalue weighted by atomic mass is 16.5. The third kappa shape index (κ3) is 4.18. The molecule has 0 aliphatic carbocycles. The van der Waals surface area contributed by atoms with Crippen LogP contribution >= 0.6 is 0 Å². The Bertz CT molecular complexity index is 1110. The molecular weight excluding hydrogens is 426 g/mol. The Morgan fingerprint density at radius 2 is 2.24 bits per heavy atom. The number of hydrogen-bond donors (Lipinski definition) is 2. The van der Waals surface area contributed by atoms with Gasteiger partial charge in [-0.3, -0.25) is 4.79 Å². The average Bonchev–Trinajstić information content (AvgIpc) is 2.86. The van der Waals surface area contributed by atoms with Gasteiger partial charge in [-0.25, -0.2) is 9.78 Å². The Morgan fingerprint density at radius 3 is 2.91 bits per heavy atom. The minimum absolute atomic E-state index is 0.0430. The first-order valence-corrected chi connectivity index (χ1v) is 11.0. The monoisotopic (exact) mass is 452 g/mol. The summed E-state index contributed by atoms with van der Waals surface area (Å²) in [7, 11) is 0. The van der Waals surface area contributed by atoms with E-state index in [2.05, 4.69) is 16.0 Å². The second-order valence-electron chi connectivity index (χ2n) is 8.22. The van der Waals surface area contributed by atoms with Crippen molar-refractivity contribution in [3.63, 3.8) is 0 Å². The number of aliphatic hydroxyl groups excluding tert-OH is 1. The zero-order valence-corrected chi connectivity index (χ0v) is 18.2. The van der Waals surface area contributed by atoms with Gasteiger partial charge >= 0.3 is 6.03 Å². The Balaban J connectivity index is 1.78. The summed E-state index contributed by atoms with van der Waals surface area (Å²) < 4.78 is 11.1. The molecule has 10 heteroatoms. The molecule has 2 aromatic rings. The van der Waals surface area contributed by atoms with Gasteiger partial charge in [0.15, 0.2) is 6.29 Å². The average molecular weight is 452 g/mol. The predicted octanol–water partition coefficient (Wildman–Crippen LogP) is 2.26. The van der Waals surface area contributed by atoms with Gasteiger partial charge in [0.1, 0.15) is 36.2 Å². The number of quaternary nitrogens is 1. The second-order valence-corrected chi connectivity index (χ2v) is 8.22. The number of aromatic nitrogens is 2. The van der Waals surface area contributed by atoms with Crippen molar-refractivity contribution in [3.8, 4) is 11.8 Å². The number of ether oxygens (including phenoxy) is 2. The lowest BCUT2D eigenvalue weighted by Gasteiger charge is -2.35. The maximum Gasteiger partial charge on any atom is 0.426 e. The van der Waals surface area contributed by atoms with Crippen molar-refractivity contribution in [1.29, 1.82) is 5.26 Å². The van der Waals surface area contributed by atoms with Gasteiger partial charge in [0.2, 0.25) is 11.6 Å². The van der Waals surface area contributed by atoms with E-state index in [4.69, 9.17) is 15.2 Å². The van der Waals surface area contributed by atoms with E-state index in [0.29, 0.717) is 42.7 Å². The maximum atomic E-state index is 12.9. The van der Waals surface area contributed by atoms with Gasteiger partial charge in [0.05, 0.1) is 25.0 Å². The van der Waals surface area contributed by atoms with Crippen molar-refractivity contribution in [2.24, 2.45) is 5.73 Å². The van der Waals surface area contributed by atoms with E-state index in [9.17, 15) is 20.0 Å². The molecule has 1 fully saturated rings. The van der Waals surface area contributed by atoms with Crippen LogP contribution in [0.1, 0.15) is 52.9 Å². The minimum Gasteiger partial charge on any atom is -0.489 e. The molecule has 3 N–H and O–H groups in total. The van der Waals surface area contributed by atoms with Crippen LogP contribution in [-0.2, 0) is 17.8 Å². The van der Waals surface area contributed by atoms with Crippen LogP contribution in [0.3, 0.4) is 0 Å². The molecule has 172 valence electrons. The Morgan fingerprint density at radius 1 is 1.39 bits per heavy atom. The topological polar surface area (TPSA) is 148 Å². The first-order chi connectivity index (χ1) is 16.0. The van der Waals surface area contributed by atoms with E-state index in [1.807, 2.05) is 0 Å². The number of hydrogen-bond acceptors (Lipinski definition) is 8. The van der Waals surface area contributed by atoms with Gasteiger partial charge in [-0.15, -0.1) is 4.48 Å². The summed E-state index contributed by atoms with van der Waals surface area (Å²) in [6, 6.07) is 4.58. The Hall–Kier alpha value is -3.39. The molecule has 0 aromatic carbocycles. The van der Waals surface area contributed by atoms with Crippen LogP contribution in [0.5, 0.6) is 5.75 Å². The quantitative estimate of drug-likeness (QED) is 0.501. The van der Waals surface area contributed by atoms with Crippen LogP contribution in [0.25, 0.3) is 0 Å². The molecule has 2 atom stereocenters. The fourth-order valence-electron chi connectivity index (χ4n) is 4.47. The van der Waals surface area contributed by atoms with Gasteiger partial charge in [-0.2, -0.15) is 10.2 Å². The summed E-state index contributed by atoms with van der Waals surface area (Å²) in [6.07, 6.45) is 6.00. The first kappa shape index (κ1) is 22.8. The van der Waals surface area contributed by atoms with Crippen molar-refractivity contribution in [3.05, 3.63) is 40.7 Å². The number of aldehydes is 1. The lowest BCUT2D eigenvalue weighted by Crippen LogP contribution is -2.56. The summed E-state index contributed by atoms with van der Waals surface area (Å²) in [5.74, 6) is 0.833. The number of rotatable bonds is 6. The number of fused-ring (bicyclic) bond motifs is 1. The molecule has 2 amide bonds. The molecule has 4 heterocycles. The standard InChI is InChI=1S/C23H25N5O5/c24-10-17-11-26-21(9-20(17)33-14-18-5-1-2-7-32-18)28(23(25)31)6-3-4-15-8-16(12-29)19(13-30)27-22(15)28/h8-9,11,13,18,29H,1-7,12,14H2,(H-,25,31)/p+1. The normalized spacial score (nSPS) is 22.1. The molecule has 0 radical (unpaired) electrons. The highest BCUT2D eigenvalue weighted by Crippen LogP contribution is 2.41. The van der Waals surface area contributed by atoms with Gasteiger partial charge in [0.25, 0.3) is 0 Å². The largest absolute Gasteiger partial charge is 0.489 e. The van der Waals surface area contributed by atoms with Crippen molar-refractivity contribution >= 4 is 24.0 Å². The molecule has 0 spiro atoms. The molecule has 0 saturated carbocycles. The molecule has 33 heavy (non-hydrogen) atoms. The van der Waals surface area contributed by atoms with E-state index in [1.54, 1.807) is 12.1 Å². The molecule has 2 aliphatic heterocycles. The fraction of sp³-hybridized carbons (Fsp3) is 0.435. The molecule has 1 saturated heterocycles. The highest BCUT2D eigenvalue weighted by molar-refractivity contribution is 5.93. The zero-order chi connectivity index (χ0) is 23.4. The summed E-state index contributed by atoms with van der Waals surface area (Å²) in [6.45, 7) is 0.899. The number of aryl methyl sites for hydroxylation is 1. The molecule has 0 bridgehead atoms. The Labute approximate surface area is 191 Å². The number of pyridine rings is 2. The minimum atomic E-state index is -0.712. The van der Waals surface area contributed by atoms with Gasteiger partial charge in [0, 0.05) is 24.2 Å². The SMILES string of the molecule is N#Cc1cnc([N+]2(C(N)=O)CCCc3cc(CO)c(C=O)nc32)cc1OCC1CCCCO1. The van der Waals surface area contributed by atoms with Crippen LogP contribution in [0.15, 0.2) is 18.3 Å². The smallest absolute Gasteiger partial charge is 0.426 e. The fourth-order valence-corrected chi connectivity index (χ4v) is 4.47. The molecule has 2 unspecified atom stereocenters. The van der Waals surface area contributed by atoms with E-state index in [1.165, 1.54) is 6.20 Å².